The number of rotatable bonds is 4. The monoisotopic (exact) mass is 370 g/mol. The van der Waals surface area contributed by atoms with E-state index in [4.69, 9.17) is 44.3 Å². The zero-order valence-corrected chi connectivity index (χ0v) is 15.1. The summed E-state index contributed by atoms with van der Waals surface area (Å²) in [5.74, 6) is 1.15. The van der Waals surface area contributed by atoms with E-state index in [1.165, 1.54) is 0 Å². The first-order chi connectivity index (χ1) is 11.0. The Labute approximate surface area is 152 Å². The SMILES string of the molecule is C#C.COc1ccc(C(c2ccc(OC)cc2)C(Cl)(Cl)Cl)cc1. The van der Waals surface area contributed by atoms with Gasteiger partial charge >= 0.3 is 0 Å². The highest BCUT2D eigenvalue weighted by Crippen LogP contribution is 2.46. The molecule has 0 aliphatic carbocycles. The van der Waals surface area contributed by atoms with Gasteiger partial charge in [-0.3, -0.25) is 0 Å². The summed E-state index contributed by atoms with van der Waals surface area (Å²) in [6, 6.07) is 15.0. The minimum atomic E-state index is -1.46. The smallest absolute Gasteiger partial charge is 0.201 e. The lowest BCUT2D eigenvalue weighted by atomic mass is 9.92. The van der Waals surface area contributed by atoms with Crippen LogP contribution in [0.4, 0.5) is 0 Å². The molecular weight excluding hydrogens is 355 g/mol. The van der Waals surface area contributed by atoms with Crippen molar-refractivity contribution >= 4 is 34.8 Å². The Morgan fingerprint density at radius 2 is 1.04 bits per heavy atom. The number of alkyl halides is 3. The molecule has 0 N–H and O–H groups in total. The molecular formula is C18H17Cl3O2. The predicted octanol–water partition coefficient (Wildman–Crippen LogP) is 5.46. The average molecular weight is 372 g/mol. The summed E-state index contributed by atoms with van der Waals surface area (Å²) < 4.78 is 8.85. The maximum Gasteiger partial charge on any atom is 0.201 e. The van der Waals surface area contributed by atoms with Crippen LogP contribution in [-0.2, 0) is 0 Å². The van der Waals surface area contributed by atoms with E-state index < -0.39 is 3.79 Å². The van der Waals surface area contributed by atoms with Crippen molar-refractivity contribution in [2.75, 3.05) is 14.2 Å². The lowest BCUT2D eigenvalue weighted by Gasteiger charge is -2.25. The molecule has 2 nitrogen and oxygen atoms in total. The molecule has 2 rings (SSSR count). The fourth-order valence-electron chi connectivity index (χ4n) is 2.16. The predicted molar refractivity (Wildman–Crippen MR) is 98.0 cm³/mol. The molecule has 0 aliphatic heterocycles. The van der Waals surface area contributed by atoms with E-state index in [0.29, 0.717) is 0 Å². The number of halogens is 3. The van der Waals surface area contributed by atoms with Crippen molar-refractivity contribution < 1.29 is 9.47 Å². The van der Waals surface area contributed by atoms with Crippen LogP contribution in [-0.4, -0.2) is 18.0 Å². The van der Waals surface area contributed by atoms with Crippen molar-refractivity contribution in [3.05, 3.63) is 59.7 Å². The van der Waals surface area contributed by atoms with Crippen LogP contribution in [0, 0.1) is 12.8 Å². The summed E-state index contributed by atoms with van der Waals surface area (Å²) in [5, 5.41) is 0. The van der Waals surface area contributed by atoms with E-state index in [0.717, 1.165) is 22.6 Å². The number of hydrogen-bond donors (Lipinski definition) is 0. The summed E-state index contributed by atoms with van der Waals surface area (Å²) in [6.07, 6.45) is 8.00. The van der Waals surface area contributed by atoms with Crippen LogP contribution in [0.15, 0.2) is 48.5 Å². The van der Waals surface area contributed by atoms with Gasteiger partial charge in [0.1, 0.15) is 11.5 Å². The molecule has 23 heavy (non-hydrogen) atoms. The second kappa shape index (κ2) is 8.93. The van der Waals surface area contributed by atoms with Crippen molar-refractivity contribution in [2.24, 2.45) is 0 Å². The molecule has 0 fully saturated rings. The second-order valence-electron chi connectivity index (χ2n) is 4.52. The third-order valence-electron chi connectivity index (χ3n) is 3.23. The van der Waals surface area contributed by atoms with Gasteiger partial charge < -0.3 is 9.47 Å². The molecule has 0 aliphatic rings. The summed E-state index contributed by atoms with van der Waals surface area (Å²) in [7, 11) is 3.23. The normalized spacial score (nSPS) is 10.6. The van der Waals surface area contributed by atoms with Gasteiger partial charge in [0.05, 0.1) is 20.1 Å². The quantitative estimate of drug-likeness (QED) is 0.525. The van der Waals surface area contributed by atoms with Gasteiger partial charge in [-0.25, -0.2) is 0 Å². The van der Waals surface area contributed by atoms with Crippen LogP contribution in [0.2, 0.25) is 0 Å². The highest BCUT2D eigenvalue weighted by atomic mass is 35.6. The molecule has 0 atom stereocenters. The van der Waals surface area contributed by atoms with Crippen molar-refractivity contribution in [1.82, 2.24) is 0 Å². The molecule has 0 amide bonds. The summed E-state index contributed by atoms with van der Waals surface area (Å²) in [5.41, 5.74) is 1.81. The first-order valence-corrected chi connectivity index (χ1v) is 7.77. The van der Waals surface area contributed by atoms with Crippen LogP contribution in [0.5, 0.6) is 11.5 Å². The maximum atomic E-state index is 6.18. The molecule has 0 bridgehead atoms. The molecule has 0 spiro atoms. The van der Waals surface area contributed by atoms with Gasteiger partial charge in [-0.1, -0.05) is 59.1 Å². The third kappa shape index (κ3) is 5.25. The van der Waals surface area contributed by atoms with Crippen molar-refractivity contribution in [3.8, 4) is 24.3 Å². The molecule has 2 aromatic carbocycles. The van der Waals surface area contributed by atoms with E-state index in [1.807, 2.05) is 48.5 Å². The minimum absolute atomic E-state index is 0.376. The Morgan fingerprint density at radius 3 is 1.26 bits per heavy atom. The average Bonchev–Trinajstić information content (AvgIpc) is 2.57. The third-order valence-corrected chi connectivity index (χ3v) is 3.88. The molecule has 122 valence electrons. The summed E-state index contributed by atoms with van der Waals surface area (Å²) in [4.78, 5) is 0. The van der Waals surface area contributed by atoms with E-state index in [2.05, 4.69) is 12.8 Å². The Morgan fingerprint density at radius 1 is 0.739 bits per heavy atom. The Bertz CT molecular complexity index is 566. The van der Waals surface area contributed by atoms with Gasteiger partial charge in [-0.05, 0) is 35.4 Å². The topological polar surface area (TPSA) is 18.5 Å². The standard InChI is InChI=1S/C16H15Cl3O2.C2H2/c1-20-13-7-3-11(4-8-13)15(16(17,18)19)12-5-9-14(21-2)10-6-12;1-2/h3-10,15H,1-2H3;1-2H. The first kappa shape index (κ1) is 19.5. The molecule has 5 heteroatoms. The van der Waals surface area contributed by atoms with Gasteiger partial charge in [-0.15, -0.1) is 12.8 Å². The van der Waals surface area contributed by atoms with Gasteiger partial charge in [0, 0.05) is 0 Å². The van der Waals surface area contributed by atoms with Crippen molar-refractivity contribution in [1.29, 1.82) is 0 Å². The van der Waals surface area contributed by atoms with Gasteiger partial charge in [-0.2, -0.15) is 0 Å². The highest BCUT2D eigenvalue weighted by molar-refractivity contribution is 6.68. The van der Waals surface area contributed by atoms with E-state index in [-0.39, 0.29) is 5.92 Å². The lowest BCUT2D eigenvalue weighted by molar-refractivity contribution is 0.414. The number of benzene rings is 2. The van der Waals surface area contributed by atoms with Gasteiger partial charge in [0.25, 0.3) is 0 Å². The molecule has 2 aromatic rings. The summed E-state index contributed by atoms with van der Waals surface area (Å²) >= 11 is 18.6. The number of ether oxygens (including phenoxy) is 2. The van der Waals surface area contributed by atoms with Gasteiger partial charge in [0.2, 0.25) is 3.79 Å². The van der Waals surface area contributed by atoms with Crippen LogP contribution in [0.25, 0.3) is 0 Å². The van der Waals surface area contributed by atoms with Crippen LogP contribution in [0.3, 0.4) is 0 Å². The zero-order valence-electron chi connectivity index (χ0n) is 12.8. The molecule has 0 aromatic heterocycles. The Hall–Kier alpha value is -1.53. The van der Waals surface area contributed by atoms with E-state index >= 15 is 0 Å². The van der Waals surface area contributed by atoms with E-state index in [1.54, 1.807) is 14.2 Å². The fourth-order valence-corrected chi connectivity index (χ4v) is 2.92. The number of methoxy groups -OCH3 is 2. The highest BCUT2D eigenvalue weighted by Gasteiger charge is 2.35. The molecule has 0 unspecified atom stereocenters. The fraction of sp³-hybridized carbons (Fsp3) is 0.222. The first-order valence-electron chi connectivity index (χ1n) is 6.63. The number of terminal acetylenes is 1. The van der Waals surface area contributed by atoms with Crippen molar-refractivity contribution in [3.63, 3.8) is 0 Å². The van der Waals surface area contributed by atoms with Crippen LogP contribution in [0.1, 0.15) is 17.0 Å². The maximum absolute atomic E-state index is 6.18. The second-order valence-corrected chi connectivity index (χ2v) is 6.89. The lowest BCUT2D eigenvalue weighted by Crippen LogP contribution is -2.18. The summed E-state index contributed by atoms with van der Waals surface area (Å²) in [6.45, 7) is 0. The molecule has 0 heterocycles. The Balaban J connectivity index is 0.00000127. The molecule has 0 saturated heterocycles. The zero-order chi connectivity index (χ0) is 17.5. The van der Waals surface area contributed by atoms with Crippen LogP contribution >= 0.6 is 34.8 Å². The Kier molecular flexibility index (Phi) is 7.58. The van der Waals surface area contributed by atoms with Crippen LogP contribution < -0.4 is 9.47 Å². The van der Waals surface area contributed by atoms with E-state index in [9.17, 15) is 0 Å². The number of hydrogen-bond acceptors (Lipinski definition) is 2. The van der Waals surface area contributed by atoms with Crippen molar-refractivity contribution in [2.45, 2.75) is 9.71 Å². The van der Waals surface area contributed by atoms with Gasteiger partial charge in [0.15, 0.2) is 0 Å². The molecule has 0 saturated carbocycles. The minimum Gasteiger partial charge on any atom is -0.497 e. The largest absolute Gasteiger partial charge is 0.497 e. The molecule has 0 radical (unpaired) electrons.